The standard InChI is InChI=1S/C30H38N2O7S/c1-5-7-8-9-20-12-14-22(31-26(33)16-19-10-11-19)28-27(20)29(34)32(30(28)35)23(18-40(4,36)37)21-13-15-24(38-3)25(17-21)39-6-2/h12-15,17,19,23H,5-11,16,18H2,1-4H3,(H,31,33)/t23-/m1/s1. The zero-order valence-electron chi connectivity index (χ0n) is 23.6. The van der Waals surface area contributed by atoms with Crippen LogP contribution in [0.4, 0.5) is 5.69 Å². The second-order valence-corrected chi connectivity index (χ2v) is 12.8. The molecule has 1 N–H and O–H groups in total. The smallest absolute Gasteiger partial charge is 0.264 e. The van der Waals surface area contributed by atoms with E-state index in [0.29, 0.717) is 48.0 Å². The van der Waals surface area contributed by atoms with Gasteiger partial charge in [0.25, 0.3) is 11.8 Å². The number of hydrogen-bond donors (Lipinski definition) is 1. The number of aryl methyl sites for hydroxylation is 1. The summed E-state index contributed by atoms with van der Waals surface area (Å²) >= 11 is 0. The summed E-state index contributed by atoms with van der Waals surface area (Å²) in [4.78, 5) is 41.9. The quantitative estimate of drug-likeness (QED) is 0.252. The van der Waals surface area contributed by atoms with Gasteiger partial charge in [0.1, 0.15) is 9.84 Å². The van der Waals surface area contributed by atoms with Crippen LogP contribution in [0.5, 0.6) is 11.5 Å². The van der Waals surface area contributed by atoms with E-state index < -0.39 is 33.4 Å². The van der Waals surface area contributed by atoms with Gasteiger partial charge >= 0.3 is 0 Å². The molecule has 1 aliphatic heterocycles. The van der Waals surface area contributed by atoms with Crippen molar-refractivity contribution in [3.05, 3.63) is 52.6 Å². The number of ether oxygens (including phenoxy) is 2. The van der Waals surface area contributed by atoms with Crippen molar-refractivity contribution in [2.45, 2.75) is 64.8 Å². The Morgan fingerprint density at radius 1 is 1.05 bits per heavy atom. The van der Waals surface area contributed by atoms with E-state index in [1.165, 1.54) is 7.11 Å². The van der Waals surface area contributed by atoms with Crippen molar-refractivity contribution >= 4 is 33.2 Å². The lowest BCUT2D eigenvalue weighted by molar-refractivity contribution is -0.116. The highest BCUT2D eigenvalue weighted by Crippen LogP contribution is 2.40. The van der Waals surface area contributed by atoms with Gasteiger partial charge in [-0.3, -0.25) is 19.3 Å². The number of carbonyl (C=O) groups is 3. The summed E-state index contributed by atoms with van der Waals surface area (Å²) in [6.07, 6.45) is 6.83. The van der Waals surface area contributed by atoms with E-state index in [4.69, 9.17) is 9.47 Å². The Morgan fingerprint density at radius 2 is 1.77 bits per heavy atom. The van der Waals surface area contributed by atoms with Gasteiger partial charge in [-0.25, -0.2) is 8.42 Å². The largest absolute Gasteiger partial charge is 0.493 e. The van der Waals surface area contributed by atoms with Crippen molar-refractivity contribution in [3.63, 3.8) is 0 Å². The second-order valence-electron chi connectivity index (χ2n) is 10.6. The van der Waals surface area contributed by atoms with Gasteiger partial charge in [0.2, 0.25) is 5.91 Å². The summed E-state index contributed by atoms with van der Waals surface area (Å²) in [5.41, 5.74) is 1.79. The molecule has 9 nitrogen and oxygen atoms in total. The van der Waals surface area contributed by atoms with Crippen molar-refractivity contribution in [3.8, 4) is 11.5 Å². The first-order chi connectivity index (χ1) is 19.1. The molecule has 0 saturated heterocycles. The fraction of sp³-hybridized carbons (Fsp3) is 0.500. The van der Waals surface area contributed by atoms with Crippen LogP contribution in [0.3, 0.4) is 0 Å². The highest BCUT2D eigenvalue weighted by atomic mass is 32.2. The molecule has 2 aromatic carbocycles. The highest BCUT2D eigenvalue weighted by molar-refractivity contribution is 7.90. The number of rotatable bonds is 14. The van der Waals surface area contributed by atoms with Crippen LogP contribution in [0.25, 0.3) is 0 Å². The van der Waals surface area contributed by atoms with Crippen molar-refractivity contribution in [1.82, 2.24) is 4.90 Å². The number of unbranched alkanes of at least 4 members (excludes halogenated alkanes) is 2. The van der Waals surface area contributed by atoms with Crippen LogP contribution in [0.1, 0.15) is 90.3 Å². The van der Waals surface area contributed by atoms with Crippen LogP contribution in [-0.4, -0.2) is 56.8 Å². The maximum atomic E-state index is 14.1. The lowest BCUT2D eigenvalue weighted by Gasteiger charge is -2.27. The maximum absolute atomic E-state index is 14.1. The minimum atomic E-state index is -3.64. The lowest BCUT2D eigenvalue weighted by atomic mass is 9.96. The molecule has 2 aliphatic rings. The molecular formula is C30H38N2O7S. The topological polar surface area (TPSA) is 119 Å². The second kappa shape index (κ2) is 12.4. The third kappa shape index (κ3) is 6.66. The molecule has 1 aliphatic carbocycles. The number of amides is 3. The van der Waals surface area contributed by atoms with Crippen LogP contribution in [-0.2, 0) is 21.1 Å². The fourth-order valence-corrected chi connectivity index (χ4v) is 6.08. The number of benzene rings is 2. The van der Waals surface area contributed by atoms with E-state index in [0.717, 1.165) is 43.3 Å². The third-order valence-electron chi connectivity index (χ3n) is 7.30. The first-order valence-electron chi connectivity index (χ1n) is 13.9. The van der Waals surface area contributed by atoms with Crippen LogP contribution in [0, 0.1) is 5.92 Å². The van der Waals surface area contributed by atoms with Crippen LogP contribution >= 0.6 is 0 Å². The Bertz CT molecular complexity index is 1400. The van der Waals surface area contributed by atoms with Gasteiger partial charge in [-0.2, -0.15) is 0 Å². The molecule has 2 aromatic rings. The Balaban J connectivity index is 1.80. The SMILES string of the molecule is CCCCCc1ccc(NC(=O)CC2CC2)c2c1C(=O)N([C@H](CS(C)(=O)=O)c1ccc(OC)c(OCC)c1)C2=O. The van der Waals surface area contributed by atoms with Crippen LogP contribution < -0.4 is 14.8 Å². The van der Waals surface area contributed by atoms with E-state index in [1.54, 1.807) is 30.3 Å². The molecule has 1 atom stereocenters. The summed E-state index contributed by atoms with van der Waals surface area (Å²) in [6, 6.07) is 7.26. The zero-order chi connectivity index (χ0) is 29.0. The van der Waals surface area contributed by atoms with Gasteiger partial charge in [-0.05, 0) is 67.9 Å². The number of fused-ring (bicyclic) bond motifs is 1. The Labute approximate surface area is 236 Å². The number of carbonyl (C=O) groups excluding carboxylic acids is 3. The summed E-state index contributed by atoms with van der Waals surface area (Å²) in [5.74, 6) is -0.676. The molecular weight excluding hydrogens is 532 g/mol. The number of nitrogens with one attached hydrogen (secondary N) is 1. The highest BCUT2D eigenvalue weighted by Gasteiger charge is 2.45. The first kappa shape index (κ1) is 29.6. The maximum Gasteiger partial charge on any atom is 0.264 e. The van der Waals surface area contributed by atoms with Gasteiger partial charge in [-0.1, -0.05) is 31.9 Å². The Hall–Kier alpha value is -3.40. The molecule has 10 heteroatoms. The van der Waals surface area contributed by atoms with E-state index >= 15 is 0 Å². The molecule has 1 heterocycles. The number of imide groups is 1. The molecule has 0 radical (unpaired) electrons. The van der Waals surface area contributed by atoms with Crippen molar-refractivity contribution < 1.29 is 32.3 Å². The van der Waals surface area contributed by atoms with Crippen LogP contribution in [0.2, 0.25) is 0 Å². The predicted octanol–water partition coefficient (Wildman–Crippen LogP) is 4.95. The summed E-state index contributed by atoms with van der Waals surface area (Å²) < 4.78 is 36.2. The summed E-state index contributed by atoms with van der Waals surface area (Å²) in [6.45, 7) is 4.23. The number of methoxy groups -OCH3 is 1. The molecule has 216 valence electrons. The van der Waals surface area contributed by atoms with Gasteiger partial charge in [0, 0.05) is 12.7 Å². The van der Waals surface area contributed by atoms with Crippen LogP contribution in [0.15, 0.2) is 30.3 Å². The fourth-order valence-electron chi connectivity index (χ4n) is 5.17. The minimum Gasteiger partial charge on any atom is -0.493 e. The van der Waals surface area contributed by atoms with Gasteiger partial charge in [0.05, 0.1) is 42.3 Å². The monoisotopic (exact) mass is 570 g/mol. The molecule has 0 unspecified atom stereocenters. The number of hydrogen-bond acceptors (Lipinski definition) is 7. The van der Waals surface area contributed by atoms with Gasteiger partial charge < -0.3 is 14.8 Å². The minimum absolute atomic E-state index is 0.125. The van der Waals surface area contributed by atoms with E-state index in [2.05, 4.69) is 12.2 Å². The third-order valence-corrected chi connectivity index (χ3v) is 8.22. The Morgan fingerprint density at radius 3 is 2.40 bits per heavy atom. The molecule has 1 saturated carbocycles. The molecule has 40 heavy (non-hydrogen) atoms. The first-order valence-corrected chi connectivity index (χ1v) is 16.0. The summed E-state index contributed by atoms with van der Waals surface area (Å²) in [5, 5.41) is 2.85. The van der Waals surface area contributed by atoms with E-state index in [1.807, 2.05) is 6.92 Å². The zero-order valence-corrected chi connectivity index (χ0v) is 24.4. The van der Waals surface area contributed by atoms with Gasteiger partial charge in [-0.15, -0.1) is 0 Å². The number of anilines is 1. The molecule has 4 rings (SSSR count). The van der Waals surface area contributed by atoms with Crippen molar-refractivity contribution in [1.29, 1.82) is 0 Å². The van der Waals surface area contributed by atoms with E-state index in [9.17, 15) is 22.8 Å². The average molecular weight is 571 g/mol. The lowest BCUT2D eigenvalue weighted by Crippen LogP contribution is -2.38. The van der Waals surface area contributed by atoms with Crippen molar-refractivity contribution in [2.24, 2.45) is 5.92 Å². The van der Waals surface area contributed by atoms with Gasteiger partial charge in [0.15, 0.2) is 11.5 Å². The molecule has 0 aromatic heterocycles. The molecule has 3 amide bonds. The van der Waals surface area contributed by atoms with Crippen molar-refractivity contribution in [2.75, 3.05) is 31.0 Å². The molecule has 0 spiro atoms. The van der Waals surface area contributed by atoms with E-state index in [-0.39, 0.29) is 22.7 Å². The summed E-state index contributed by atoms with van der Waals surface area (Å²) in [7, 11) is -2.14. The average Bonchev–Trinajstić information content (AvgIpc) is 3.67. The normalized spacial score (nSPS) is 15.7. The predicted molar refractivity (Wildman–Crippen MR) is 153 cm³/mol. The number of sulfone groups is 1. The molecule has 1 fully saturated rings. The Kier molecular flexibility index (Phi) is 9.18. The molecule has 0 bridgehead atoms. The number of nitrogens with zero attached hydrogens (tertiary/aromatic N) is 1.